The van der Waals surface area contributed by atoms with Crippen molar-refractivity contribution in [2.24, 2.45) is 5.10 Å². The molecule has 1 fully saturated rings. The molecule has 3 rings (SSSR count). The van der Waals surface area contributed by atoms with Crippen molar-refractivity contribution in [2.45, 2.75) is 30.6 Å². The summed E-state index contributed by atoms with van der Waals surface area (Å²) in [5.74, 6) is 0. The van der Waals surface area contributed by atoms with Crippen LogP contribution in [0.2, 0.25) is 0 Å². The van der Waals surface area contributed by atoms with E-state index in [1.807, 2.05) is 17.5 Å². The Balaban J connectivity index is 1.94. The maximum Gasteiger partial charge on any atom is 0.270 e. The molecule has 1 aliphatic heterocycles. The Bertz CT molecular complexity index is 918. The fraction of sp³-hybridized carbons (Fsp3) is 0.353. The van der Waals surface area contributed by atoms with E-state index in [0.29, 0.717) is 13.1 Å². The minimum absolute atomic E-state index is 0.123. The van der Waals surface area contributed by atoms with E-state index in [0.717, 1.165) is 36.6 Å². The molecular weight excluding hydrogens is 388 g/mol. The molecule has 1 N–H and O–H groups in total. The third-order valence-electron chi connectivity index (χ3n) is 4.28. The van der Waals surface area contributed by atoms with E-state index < -0.39 is 14.9 Å². The Kier molecular flexibility index (Phi) is 6.19. The second-order valence-corrected chi connectivity index (χ2v) is 9.03. The lowest BCUT2D eigenvalue weighted by Crippen LogP contribution is -2.32. The number of non-ortho nitro benzene ring substituents is 1. The first-order valence-corrected chi connectivity index (χ1v) is 10.9. The number of thiophene rings is 1. The monoisotopic (exact) mass is 408 g/mol. The van der Waals surface area contributed by atoms with Gasteiger partial charge in [-0.15, -0.1) is 11.3 Å². The lowest BCUT2D eigenvalue weighted by molar-refractivity contribution is -0.385. The Morgan fingerprint density at radius 1 is 1.19 bits per heavy atom. The van der Waals surface area contributed by atoms with Crippen molar-refractivity contribution in [2.75, 3.05) is 18.5 Å². The van der Waals surface area contributed by atoms with E-state index >= 15 is 0 Å². The number of hydrazone groups is 1. The van der Waals surface area contributed by atoms with Crippen molar-refractivity contribution in [1.82, 2.24) is 4.31 Å². The number of nitrogens with one attached hydrogen (secondary N) is 1. The fourth-order valence-electron chi connectivity index (χ4n) is 2.88. The van der Waals surface area contributed by atoms with E-state index in [-0.39, 0.29) is 16.3 Å². The molecule has 0 saturated carbocycles. The summed E-state index contributed by atoms with van der Waals surface area (Å²) in [6.45, 7) is 0.839. The van der Waals surface area contributed by atoms with Crippen molar-refractivity contribution < 1.29 is 13.3 Å². The highest BCUT2D eigenvalue weighted by molar-refractivity contribution is 7.89. The maximum atomic E-state index is 13.1. The molecule has 8 nitrogen and oxygen atoms in total. The van der Waals surface area contributed by atoms with Crippen LogP contribution in [0.15, 0.2) is 45.7 Å². The fourth-order valence-corrected chi connectivity index (χ4v) is 5.14. The molecule has 0 amide bonds. The largest absolute Gasteiger partial charge is 0.277 e. The first kappa shape index (κ1) is 19.5. The smallest absolute Gasteiger partial charge is 0.270 e. The minimum Gasteiger partial charge on any atom is -0.277 e. The summed E-state index contributed by atoms with van der Waals surface area (Å²) in [5, 5.41) is 17.1. The molecule has 144 valence electrons. The Hall–Kier alpha value is -2.30. The molecule has 2 heterocycles. The Morgan fingerprint density at radius 2 is 1.93 bits per heavy atom. The van der Waals surface area contributed by atoms with Gasteiger partial charge in [0.25, 0.3) is 5.69 Å². The average Bonchev–Trinajstić information content (AvgIpc) is 3.00. The predicted molar refractivity (Wildman–Crippen MR) is 106 cm³/mol. The van der Waals surface area contributed by atoms with E-state index in [4.69, 9.17) is 0 Å². The Labute approximate surface area is 161 Å². The maximum absolute atomic E-state index is 13.1. The van der Waals surface area contributed by atoms with Gasteiger partial charge in [-0.1, -0.05) is 18.9 Å². The number of hydrogen-bond donors (Lipinski definition) is 1. The molecule has 1 aliphatic rings. The van der Waals surface area contributed by atoms with Gasteiger partial charge in [0.15, 0.2) is 0 Å². The van der Waals surface area contributed by atoms with Gasteiger partial charge < -0.3 is 0 Å². The van der Waals surface area contributed by atoms with Crippen molar-refractivity contribution in [1.29, 1.82) is 0 Å². The van der Waals surface area contributed by atoms with Crippen LogP contribution in [0.4, 0.5) is 11.4 Å². The molecule has 1 aromatic heterocycles. The van der Waals surface area contributed by atoms with E-state index in [9.17, 15) is 18.5 Å². The van der Waals surface area contributed by atoms with Crippen LogP contribution in [-0.2, 0) is 10.0 Å². The second kappa shape index (κ2) is 8.59. The standard InChI is InChI=1S/C17H20N4O4S2/c22-21(23)14-7-8-16(19-18-13-15-6-5-11-26-15)17(12-14)27(24,25)20-9-3-1-2-4-10-20/h5-8,11-13,19H,1-4,9-10H2/b18-13+. The number of nitro benzene ring substituents is 1. The van der Waals surface area contributed by atoms with Crippen LogP contribution in [0, 0.1) is 10.1 Å². The third kappa shape index (κ3) is 4.71. The number of benzene rings is 1. The van der Waals surface area contributed by atoms with Gasteiger partial charge in [0.05, 0.1) is 16.8 Å². The molecule has 0 atom stereocenters. The van der Waals surface area contributed by atoms with Gasteiger partial charge in [0.1, 0.15) is 4.90 Å². The molecule has 0 radical (unpaired) electrons. The van der Waals surface area contributed by atoms with Crippen LogP contribution in [0.1, 0.15) is 30.6 Å². The normalized spacial score (nSPS) is 16.3. The highest BCUT2D eigenvalue weighted by Crippen LogP contribution is 2.30. The van der Waals surface area contributed by atoms with Crippen molar-refractivity contribution in [3.8, 4) is 0 Å². The van der Waals surface area contributed by atoms with Crippen LogP contribution in [0.5, 0.6) is 0 Å². The van der Waals surface area contributed by atoms with Gasteiger partial charge in [-0.2, -0.15) is 9.41 Å². The minimum atomic E-state index is -3.86. The van der Waals surface area contributed by atoms with Crippen molar-refractivity contribution in [3.63, 3.8) is 0 Å². The molecule has 0 aliphatic carbocycles. The van der Waals surface area contributed by atoms with Gasteiger partial charge in [-0.3, -0.25) is 15.5 Å². The number of hydrogen-bond acceptors (Lipinski definition) is 7. The van der Waals surface area contributed by atoms with Gasteiger partial charge in [-0.25, -0.2) is 8.42 Å². The first-order chi connectivity index (χ1) is 13.0. The number of nitro groups is 1. The lowest BCUT2D eigenvalue weighted by Gasteiger charge is -2.21. The zero-order valence-electron chi connectivity index (χ0n) is 14.6. The zero-order chi connectivity index (χ0) is 19.3. The van der Waals surface area contributed by atoms with Crippen LogP contribution < -0.4 is 5.43 Å². The number of nitrogens with zero attached hydrogens (tertiary/aromatic N) is 3. The van der Waals surface area contributed by atoms with Crippen LogP contribution in [0.25, 0.3) is 0 Å². The van der Waals surface area contributed by atoms with Crippen LogP contribution in [0.3, 0.4) is 0 Å². The summed E-state index contributed by atoms with van der Waals surface area (Å²) >= 11 is 1.49. The highest BCUT2D eigenvalue weighted by atomic mass is 32.2. The third-order valence-corrected chi connectivity index (χ3v) is 7.02. The molecule has 27 heavy (non-hydrogen) atoms. The Morgan fingerprint density at radius 3 is 2.56 bits per heavy atom. The molecule has 1 aromatic carbocycles. The average molecular weight is 409 g/mol. The van der Waals surface area contributed by atoms with E-state index in [2.05, 4.69) is 10.5 Å². The molecule has 0 unspecified atom stereocenters. The molecule has 0 bridgehead atoms. The van der Waals surface area contributed by atoms with E-state index in [1.165, 1.54) is 27.8 Å². The molecular formula is C17H20N4O4S2. The predicted octanol–water partition coefficient (Wildman–Crippen LogP) is 3.67. The topological polar surface area (TPSA) is 105 Å². The highest BCUT2D eigenvalue weighted by Gasteiger charge is 2.29. The van der Waals surface area contributed by atoms with Gasteiger partial charge in [0.2, 0.25) is 10.0 Å². The quantitative estimate of drug-likeness (QED) is 0.446. The van der Waals surface area contributed by atoms with Gasteiger partial charge in [0, 0.05) is 30.1 Å². The van der Waals surface area contributed by atoms with Gasteiger partial charge >= 0.3 is 0 Å². The van der Waals surface area contributed by atoms with Gasteiger partial charge in [-0.05, 0) is 30.4 Å². The summed E-state index contributed by atoms with van der Waals surface area (Å²) in [5.41, 5.74) is 2.68. The number of rotatable bonds is 6. The molecule has 1 saturated heterocycles. The lowest BCUT2D eigenvalue weighted by atomic mass is 10.2. The zero-order valence-corrected chi connectivity index (χ0v) is 16.2. The number of sulfonamides is 1. The molecule has 10 heteroatoms. The van der Waals surface area contributed by atoms with Crippen molar-refractivity contribution in [3.05, 3.63) is 50.7 Å². The van der Waals surface area contributed by atoms with E-state index in [1.54, 1.807) is 6.21 Å². The molecule has 2 aromatic rings. The summed E-state index contributed by atoms with van der Waals surface area (Å²) < 4.78 is 27.7. The summed E-state index contributed by atoms with van der Waals surface area (Å²) in [6, 6.07) is 7.51. The van der Waals surface area contributed by atoms with Crippen LogP contribution >= 0.6 is 11.3 Å². The summed E-state index contributed by atoms with van der Waals surface area (Å²) in [6.07, 6.45) is 5.11. The van der Waals surface area contributed by atoms with Crippen LogP contribution in [-0.4, -0.2) is 37.0 Å². The number of anilines is 1. The van der Waals surface area contributed by atoms with Crippen molar-refractivity contribution >= 4 is 38.9 Å². The molecule has 0 spiro atoms. The SMILES string of the molecule is O=[N+]([O-])c1ccc(N/N=C/c2cccs2)c(S(=O)(=O)N2CCCCCC2)c1. The second-order valence-electron chi connectivity index (χ2n) is 6.14. The summed E-state index contributed by atoms with van der Waals surface area (Å²) in [4.78, 5) is 11.3. The first-order valence-electron chi connectivity index (χ1n) is 8.59. The summed E-state index contributed by atoms with van der Waals surface area (Å²) in [7, 11) is -3.86.